The van der Waals surface area contributed by atoms with Crippen LogP contribution >= 0.6 is 15.9 Å². The summed E-state index contributed by atoms with van der Waals surface area (Å²) in [6.45, 7) is 2.30. The van der Waals surface area contributed by atoms with Crippen molar-refractivity contribution in [2.75, 3.05) is 20.1 Å². The molecule has 0 aliphatic heterocycles. The minimum Gasteiger partial charge on any atom is -0.306 e. The first-order valence-corrected chi connectivity index (χ1v) is 9.46. The third-order valence-electron chi connectivity index (χ3n) is 4.79. The Balaban J connectivity index is 1.37. The van der Waals surface area contributed by atoms with E-state index in [0.29, 0.717) is 4.32 Å². The molecule has 0 saturated heterocycles. The van der Waals surface area contributed by atoms with E-state index in [0.717, 1.165) is 19.5 Å². The van der Waals surface area contributed by atoms with Gasteiger partial charge in [0.1, 0.15) is 0 Å². The van der Waals surface area contributed by atoms with Gasteiger partial charge in [-0.25, -0.2) is 0 Å². The molecule has 0 aromatic heterocycles. The Morgan fingerprint density at radius 2 is 1.52 bits per heavy atom. The summed E-state index contributed by atoms with van der Waals surface area (Å²) < 4.78 is 0.309. The molecule has 3 rings (SSSR count). The first-order chi connectivity index (χ1) is 11.2. The maximum Gasteiger partial charge on any atom is 0.0507 e. The summed E-state index contributed by atoms with van der Waals surface area (Å²) in [6, 6.07) is 20.0. The predicted octanol–water partition coefficient (Wildman–Crippen LogP) is 5.18. The van der Waals surface area contributed by atoms with Gasteiger partial charge in [0, 0.05) is 6.54 Å². The highest BCUT2D eigenvalue weighted by molar-refractivity contribution is 9.09. The molecule has 0 unspecified atom stereocenters. The van der Waals surface area contributed by atoms with Crippen LogP contribution in [0.3, 0.4) is 0 Å². The van der Waals surface area contributed by atoms with Crippen molar-refractivity contribution in [2.45, 2.75) is 36.4 Å². The lowest BCUT2D eigenvalue weighted by Gasteiger charge is -2.16. The lowest BCUT2D eigenvalue weighted by atomic mass is 10.0. The van der Waals surface area contributed by atoms with Crippen molar-refractivity contribution in [3.05, 3.63) is 71.3 Å². The maximum atomic E-state index is 3.82. The van der Waals surface area contributed by atoms with Crippen LogP contribution in [0, 0.1) is 0 Å². The Hall–Kier alpha value is -1.12. The summed E-state index contributed by atoms with van der Waals surface area (Å²) in [5.41, 5.74) is 4.34. The lowest BCUT2D eigenvalue weighted by molar-refractivity contribution is 0.333. The number of halogens is 1. The molecular weight excluding hydrogens is 346 g/mol. The number of alkyl halides is 1. The molecule has 0 heterocycles. The van der Waals surface area contributed by atoms with Crippen LogP contribution in [0.5, 0.6) is 0 Å². The Kier molecular flexibility index (Phi) is 5.55. The smallest absolute Gasteiger partial charge is 0.0507 e. The monoisotopic (exact) mass is 371 g/mol. The number of nitrogens with zero attached hydrogens (tertiary/aromatic N) is 1. The molecule has 1 aliphatic carbocycles. The fourth-order valence-electron chi connectivity index (χ4n) is 3.00. The molecule has 1 aliphatic rings. The number of likely N-dealkylation sites (N-methyl/N-ethyl adjacent to an activating group) is 1. The molecule has 0 bridgehead atoms. The fourth-order valence-corrected chi connectivity index (χ4v) is 3.46. The third kappa shape index (κ3) is 4.92. The molecule has 122 valence electrons. The van der Waals surface area contributed by atoms with Crippen LogP contribution in [0.15, 0.2) is 54.6 Å². The topological polar surface area (TPSA) is 3.24 Å². The van der Waals surface area contributed by atoms with Gasteiger partial charge in [-0.05, 0) is 62.4 Å². The van der Waals surface area contributed by atoms with Crippen LogP contribution in [0.1, 0.15) is 36.0 Å². The highest BCUT2D eigenvalue weighted by atomic mass is 79.9. The second-order valence-electron chi connectivity index (χ2n) is 6.80. The first kappa shape index (κ1) is 16.7. The van der Waals surface area contributed by atoms with E-state index >= 15 is 0 Å². The van der Waals surface area contributed by atoms with Crippen molar-refractivity contribution in [2.24, 2.45) is 0 Å². The average Bonchev–Trinajstić information content (AvgIpc) is 3.33. The molecule has 0 radical (unpaired) electrons. The normalized spacial score (nSPS) is 15.8. The van der Waals surface area contributed by atoms with Gasteiger partial charge in [0.25, 0.3) is 0 Å². The van der Waals surface area contributed by atoms with Crippen molar-refractivity contribution in [3.8, 4) is 0 Å². The molecule has 23 heavy (non-hydrogen) atoms. The zero-order chi connectivity index (χ0) is 16.1. The highest BCUT2D eigenvalue weighted by Gasteiger charge is 2.41. The van der Waals surface area contributed by atoms with Crippen LogP contribution in [-0.2, 0) is 17.2 Å². The van der Waals surface area contributed by atoms with Gasteiger partial charge in [0.05, 0.1) is 4.32 Å². The fraction of sp³-hybridized carbons (Fsp3) is 0.429. The molecule has 0 amide bonds. The second kappa shape index (κ2) is 7.63. The van der Waals surface area contributed by atoms with Gasteiger partial charge < -0.3 is 4.90 Å². The molecule has 2 aromatic rings. The van der Waals surface area contributed by atoms with E-state index in [-0.39, 0.29) is 0 Å². The zero-order valence-corrected chi connectivity index (χ0v) is 15.6. The van der Waals surface area contributed by atoms with Crippen molar-refractivity contribution < 1.29 is 0 Å². The minimum absolute atomic E-state index is 0.309. The van der Waals surface area contributed by atoms with Gasteiger partial charge in [-0.3, -0.25) is 0 Å². The molecule has 0 spiro atoms. The lowest BCUT2D eigenvalue weighted by Crippen LogP contribution is -2.22. The predicted molar refractivity (Wildman–Crippen MR) is 102 cm³/mol. The van der Waals surface area contributed by atoms with Crippen molar-refractivity contribution >= 4 is 15.9 Å². The van der Waals surface area contributed by atoms with E-state index in [1.807, 2.05) is 0 Å². The molecule has 2 aromatic carbocycles. The molecule has 2 heteroatoms. The molecule has 1 saturated carbocycles. The van der Waals surface area contributed by atoms with Crippen LogP contribution in [-0.4, -0.2) is 25.0 Å². The van der Waals surface area contributed by atoms with Gasteiger partial charge in [-0.1, -0.05) is 70.5 Å². The third-order valence-corrected chi connectivity index (χ3v) is 6.04. The van der Waals surface area contributed by atoms with Gasteiger partial charge in [0.2, 0.25) is 0 Å². The van der Waals surface area contributed by atoms with Crippen LogP contribution in [0.25, 0.3) is 0 Å². The summed E-state index contributed by atoms with van der Waals surface area (Å²) in [5.74, 6) is 0. The minimum atomic E-state index is 0.309. The quantitative estimate of drug-likeness (QED) is 0.578. The van der Waals surface area contributed by atoms with Gasteiger partial charge >= 0.3 is 0 Å². The van der Waals surface area contributed by atoms with Crippen molar-refractivity contribution in [1.82, 2.24) is 4.90 Å². The van der Waals surface area contributed by atoms with Gasteiger partial charge in [-0.2, -0.15) is 0 Å². The first-order valence-electron chi connectivity index (χ1n) is 8.66. The Morgan fingerprint density at radius 3 is 2.17 bits per heavy atom. The number of benzene rings is 2. The van der Waals surface area contributed by atoms with Crippen molar-refractivity contribution in [3.63, 3.8) is 0 Å². The SMILES string of the molecule is CN(CCCc1ccc(C2(Br)CC2)cc1)CCc1ccccc1. The summed E-state index contributed by atoms with van der Waals surface area (Å²) in [5, 5.41) is 0. The summed E-state index contributed by atoms with van der Waals surface area (Å²) in [7, 11) is 2.23. The van der Waals surface area contributed by atoms with E-state index in [2.05, 4.69) is 82.5 Å². The zero-order valence-electron chi connectivity index (χ0n) is 14.0. The molecule has 1 fully saturated rings. The molecule has 0 N–H and O–H groups in total. The number of hydrogen-bond donors (Lipinski definition) is 0. The van der Waals surface area contributed by atoms with Crippen LogP contribution in [0.4, 0.5) is 0 Å². The largest absolute Gasteiger partial charge is 0.306 e. The molecular formula is C21H26BrN. The average molecular weight is 372 g/mol. The van der Waals surface area contributed by atoms with Crippen molar-refractivity contribution in [1.29, 1.82) is 0 Å². The van der Waals surface area contributed by atoms with E-state index in [4.69, 9.17) is 0 Å². The molecule has 0 atom stereocenters. The number of aryl methyl sites for hydroxylation is 1. The maximum absolute atomic E-state index is 3.82. The Morgan fingerprint density at radius 1 is 0.870 bits per heavy atom. The van der Waals surface area contributed by atoms with E-state index < -0.39 is 0 Å². The highest BCUT2D eigenvalue weighted by Crippen LogP contribution is 2.53. The Bertz CT molecular complexity index is 601. The summed E-state index contributed by atoms with van der Waals surface area (Å²) in [6.07, 6.45) is 6.09. The van der Waals surface area contributed by atoms with E-state index in [1.165, 1.54) is 42.4 Å². The van der Waals surface area contributed by atoms with Gasteiger partial charge in [-0.15, -0.1) is 0 Å². The van der Waals surface area contributed by atoms with Gasteiger partial charge in [0.15, 0.2) is 0 Å². The number of hydrogen-bond acceptors (Lipinski definition) is 1. The summed E-state index contributed by atoms with van der Waals surface area (Å²) >= 11 is 3.82. The molecule has 1 nitrogen and oxygen atoms in total. The van der Waals surface area contributed by atoms with E-state index in [9.17, 15) is 0 Å². The summed E-state index contributed by atoms with van der Waals surface area (Å²) in [4.78, 5) is 2.44. The second-order valence-corrected chi connectivity index (χ2v) is 8.32. The Labute approximate surface area is 148 Å². The van der Waals surface area contributed by atoms with E-state index in [1.54, 1.807) is 0 Å². The standard InChI is InChI=1S/C21H26BrN/c1-23(17-13-18-6-3-2-4-7-18)16-5-8-19-9-11-20(12-10-19)21(22)14-15-21/h2-4,6-7,9-12H,5,8,13-17H2,1H3. The van der Waals surface area contributed by atoms with Crippen LogP contribution in [0.2, 0.25) is 0 Å². The van der Waals surface area contributed by atoms with Crippen LogP contribution < -0.4 is 0 Å². The number of rotatable bonds is 8.